The van der Waals surface area contributed by atoms with Crippen molar-refractivity contribution in [3.8, 4) is 0 Å². The largest absolute Gasteiger partial charge is 0.481 e. The van der Waals surface area contributed by atoms with E-state index in [2.05, 4.69) is 26.6 Å². The lowest BCUT2D eigenvalue weighted by atomic mass is 9.78. The maximum atomic E-state index is 14.3. The first-order valence-corrected chi connectivity index (χ1v) is 19.7. The van der Waals surface area contributed by atoms with Crippen molar-refractivity contribution in [2.75, 3.05) is 6.54 Å². The molecule has 8 N–H and O–H groups in total. The summed E-state index contributed by atoms with van der Waals surface area (Å²) in [4.78, 5) is 85.5. The van der Waals surface area contributed by atoms with Gasteiger partial charge >= 0.3 is 13.6 Å². The fourth-order valence-electron chi connectivity index (χ4n) is 7.50. The highest BCUT2D eigenvalue weighted by Crippen LogP contribution is 2.40. The standard InChI is InChI=1S/C38H48N5O9P/c1-24-8-13-32-28(18-24)14-17-43(32)22-26-6-5-7-29(27-11-9-25(10-12-27)23-53(50,51)52)30(19-34(45)46)35(47)42-38(15-3-2-4-16-38)37(49)41-31(20-33(39)44)36(48)40-21-26/h5,7-14,17-18,26,29-31H,2-4,6,15-16,19-23H2,1H3,(H2,39,44)(H,40,48)(H,41,49)(H,42,47)(H,45,46)(H2,50,51,52)/b7-5+/t26?,29-,30+,31+/m1/s1. The van der Waals surface area contributed by atoms with Gasteiger partial charge in [-0.1, -0.05) is 67.3 Å². The lowest BCUT2D eigenvalue weighted by Gasteiger charge is -2.39. The minimum absolute atomic E-state index is 0.155. The molecule has 2 aliphatic rings. The Balaban J connectivity index is 1.58. The molecular weight excluding hydrogens is 701 g/mol. The van der Waals surface area contributed by atoms with E-state index in [9.17, 15) is 43.4 Å². The molecule has 284 valence electrons. The molecule has 15 heteroatoms. The molecule has 1 unspecified atom stereocenters. The number of fused-ring (bicyclic) bond motifs is 1. The van der Waals surface area contributed by atoms with Gasteiger partial charge in [0.2, 0.25) is 23.6 Å². The number of carbonyl (C=O) groups is 5. The third-order valence-electron chi connectivity index (χ3n) is 10.2. The Labute approximate surface area is 307 Å². The first-order chi connectivity index (χ1) is 25.1. The van der Waals surface area contributed by atoms with Crippen LogP contribution in [0.1, 0.15) is 74.0 Å². The van der Waals surface area contributed by atoms with Crippen LogP contribution in [0, 0.1) is 18.8 Å². The third kappa shape index (κ3) is 10.4. The maximum Gasteiger partial charge on any atom is 0.329 e. The lowest BCUT2D eigenvalue weighted by Crippen LogP contribution is -2.64. The summed E-state index contributed by atoms with van der Waals surface area (Å²) in [5, 5.41) is 19.6. The van der Waals surface area contributed by atoms with Crippen molar-refractivity contribution >= 4 is 48.1 Å². The Morgan fingerprint density at radius 2 is 1.70 bits per heavy atom. The SMILES string of the molecule is Cc1ccc2c(ccn2CC2C/C=C/[C@H](c3ccc(CP(=O)(O)O)cc3)[C@H](CC(=O)O)C(=O)NC3(CCCCC3)C(=O)N[C@@H](CC(N)=O)C(=O)NC2)c1. The molecule has 1 aliphatic carbocycles. The number of carboxylic acid groups (broad SMARTS) is 1. The highest BCUT2D eigenvalue weighted by molar-refractivity contribution is 7.50. The van der Waals surface area contributed by atoms with Gasteiger partial charge in [0.1, 0.15) is 11.6 Å². The predicted octanol–water partition coefficient (Wildman–Crippen LogP) is 3.37. The molecule has 0 saturated heterocycles. The van der Waals surface area contributed by atoms with Crippen LogP contribution >= 0.6 is 7.60 Å². The van der Waals surface area contributed by atoms with E-state index in [0.717, 1.165) is 22.9 Å². The molecule has 53 heavy (non-hydrogen) atoms. The molecule has 1 saturated carbocycles. The minimum Gasteiger partial charge on any atom is -0.481 e. The first kappa shape index (κ1) is 39.4. The fourth-order valence-corrected chi connectivity index (χ4v) is 8.18. The van der Waals surface area contributed by atoms with Crippen LogP contribution in [0.2, 0.25) is 0 Å². The number of benzene rings is 2. The Bertz CT molecular complexity index is 1910. The maximum absolute atomic E-state index is 14.3. The third-order valence-corrected chi connectivity index (χ3v) is 11.0. The predicted molar refractivity (Wildman–Crippen MR) is 197 cm³/mol. The van der Waals surface area contributed by atoms with Gasteiger partial charge in [0.15, 0.2) is 0 Å². The van der Waals surface area contributed by atoms with Gasteiger partial charge in [-0.15, -0.1) is 0 Å². The van der Waals surface area contributed by atoms with E-state index in [0.29, 0.717) is 36.9 Å². The zero-order chi connectivity index (χ0) is 38.3. The molecule has 0 bridgehead atoms. The Kier molecular flexibility index (Phi) is 12.6. The van der Waals surface area contributed by atoms with Crippen LogP contribution in [-0.2, 0) is 41.2 Å². The second kappa shape index (κ2) is 16.9. The monoisotopic (exact) mass is 749 g/mol. The summed E-state index contributed by atoms with van der Waals surface area (Å²) in [5.41, 5.74) is 7.06. The van der Waals surface area contributed by atoms with E-state index in [1.807, 2.05) is 37.4 Å². The number of carbonyl (C=O) groups excluding carboxylic acids is 4. The highest BCUT2D eigenvalue weighted by atomic mass is 31.2. The van der Waals surface area contributed by atoms with Crippen molar-refractivity contribution < 1.29 is 43.4 Å². The van der Waals surface area contributed by atoms with Crippen molar-refractivity contribution in [2.45, 2.75) is 88.5 Å². The van der Waals surface area contributed by atoms with Gasteiger partial charge in [-0.3, -0.25) is 28.5 Å². The molecule has 0 radical (unpaired) electrons. The van der Waals surface area contributed by atoms with Gasteiger partial charge < -0.3 is 41.1 Å². The van der Waals surface area contributed by atoms with Crippen LogP contribution < -0.4 is 21.7 Å². The van der Waals surface area contributed by atoms with E-state index in [-0.39, 0.29) is 25.3 Å². The number of amides is 4. The minimum atomic E-state index is -4.36. The average molecular weight is 750 g/mol. The van der Waals surface area contributed by atoms with Crippen LogP contribution in [0.3, 0.4) is 0 Å². The molecule has 1 spiro atoms. The van der Waals surface area contributed by atoms with Gasteiger partial charge in [-0.2, -0.15) is 0 Å². The van der Waals surface area contributed by atoms with Gasteiger partial charge in [0.05, 0.1) is 24.9 Å². The fraction of sp³-hybridized carbons (Fsp3) is 0.447. The number of allylic oxidation sites excluding steroid dienone is 2. The normalized spacial score (nSPS) is 23.6. The second-order valence-electron chi connectivity index (χ2n) is 14.4. The number of hydrogen-bond donors (Lipinski definition) is 7. The highest BCUT2D eigenvalue weighted by Gasteiger charge is 2.45. The summed E-state index contributed by atoms with van der Waals surface area (Å²) >= 11 is 0. The van der Waals surface area contributed by atoms with Gasteiger partial charge in [0, 0.05) is 30.7 Å². The number of aliphatic carboxylic acids is 1. The molecular formula is C38H48N5O9P. The molecule has 2 aromatic carbocycles. The number of aryl methyl sites for hydroxylation is 1. The molecule has 3 aromatic rings. The number of rotatable bonds is 9. The summed E-state index contributed by atoms with van der Waals surface area (Å²) in [7, 11) is -4.36. The molecule has 14 nitrogen and oxygen atoms in total. The van der Waals surface area contributed by atoms with Crippen LogP contribution in [0.25, 0.3) is 10.9 Å². The summed E-state index contributed by atoms with van der Waals surface area (Å²) in [6, 6.07) is 13.1. The number of primary amides is 1. The summed E-state index contributed by atoms with van der Waals surface area (Å²) in [5.74, 6) is -6.18. The smallest absolute Gasteiger partial charge is 0.329 e. The molecule has 1 aliphatic heterocycles. The van der Waals surface area contributed by atoms with E-state index >= 15 is 0 Å². The summed E-state index contributed by atoms with van der Waals surface area (Å²) in [6.07, 6.45) is 6.88. The molecule has 1 aromatic heterocycles. The molecule has 5 rings (SSSR count). The number of nitrogens with two attached hydrogens (primary N) is 1. The van der Waals surface area contributed by atoms with E-state index in [1.54, 1.807) is 30.3 Å². The number of carboxylic acids is 1. The van der Waals surface area contributed by atoms with E-state index < -0.39 is 79.6 Å². The van der Waals surface area contributed by atoms with Crippen molar-refractivity contribution in [2.24, 2.45) is 17.6 Å². The van der Waals surface area contributed by atoms with Crippen LogP contribution in [0.15, 0.2) is 66.9 Å². The van der Waals surface area contributed by atoms with Crippen molar-refractivity contribution in [3.05, 3.63) is 83.6 Å². The molecule has 4 amide bonds. The zero-order valence-corrected chi connectivity index (χ0v) is 30.6. The van der Waals surface area contributed by atoms with Crippen LogP contribution in [-0.4, -0.2) is 67.2 Å². The average Bonchev–Trinajstić information content (AvgIpc) is 3.48. The quantitative estimate of drug-likeness (QED) is 0.125. The Hall–Kier alpha value is -4.78. The van der Waals surface area contributed by atoms with Crippen LogP contribution in [0.4, 0.5) is 0 Å². The first-order valence-electron chi connectivity index (χ1n) is 17.9. The Morgan fingerprint density at radius 1 is 0.981 bits per heavy atom. The van der Waals surface area contributed by atoms with Crippen molar-refractivity contribution in [1.82, 2.24) is 20.5 Å². The molecule has 4 atom stereocenters. The van der Waals surface area contributed by atoms with Crippen molar-refractivity contribution in [1.29, 1.82) is 0 Å². The summed E-state index contributed by atoms with van der Waals surface area (Å²) in [6.45, 7) is 2.63. The number of nitrogens with zero attached hydrogens (tertiary/aromatic N) is 1. The topological polar surface area (TPSA) is 230 Å². The number of hydrogen-bond acceptors (Lipinski definition) is 6. The van der Waals surface area contributed by atoms with Gasteiger partial charge in [0.25, 0.3) is 0 Å². The van der Waals surface area contributed by atoms with E-state index in [1.165, 1.54) is 0 Å². The number of nitrogens with one attached hydrogen (secondary N) is 3. The van der Waals surface area contributed by atoms with Crippen LogP contribution in [0.5, 0.6) is 0 Å². The number of aromatic nitrogens is 1. The molecule has 1 fully saturated rings. The molecule has 2 heterocycles. The zero-order valence-electron chi connectivity index (χ0n) is 29.7. The Morgan fingerprint density at radius 3 is 2.36 bits per heavy atom. The van der Waals surface area contributed by atoms with Gasteiger partial charge in [-0.05, 0) is 66.8 Å². The van der Waals surface area contributed by atoms with Crippen molar-refractivity contribution in [3.63, 3.8) is 0 Å². The van der Waals surface area contributed by atoms with Gasteiger partial charge in [-0.25, -0.2) is 0 Å². The summed E-state index contributed by atoms with van der Waals surface area (Å²) < 4.78 is 13.7. The van der Waals surface area contributed by atoms with E-state index in [4.69, 9.17) is 5.73 Å². The second-order valence-corrected chi connectivity index (χ2v) is 16.1. The lowest BCUT2D eigenvalue weighted by molar-refractivity contribution is -0.143.